The fourth-order valence-electron chi connectivity index (χ4n) is 0.968. The number of imidazole rings is 1. The van der Waals surface area contributed by atoms with Gasteiger partial charge in [0.05, 0.1) is 18.6 Å². The fourth-order valence-corrected chi connectivity index (χ4v) is 1.69. The lowest BCUT2D eigenvalue weighted by atomic mass is 10.2. The van der Waals surface area contributed by atoms with Crippen LogP contribution in [-0.4, -0.2) is 27.3 Å². The molecule has 3 N–H and O–H groups in total. The van der Waals surface area contributed by atoms with E-state index in [1.807, 2.05) is 11.6 Å². The maximum atomic E-state index is 8.76. The van der Waals surface area contributed by atoms with Gasteiger partial charge in [-0.05, 0) is 22.6 Å². The van der Waals surface area contributed by atoms with E-state index in [1.165, 1.54) is 0 Å². The van der Waals surface area contributed by atoms with E-state index >= 15 is 0 Å². The number of aliphatic hydroxyl groups excluding tert-OH is 1. The summed E-state index contributed by atoms with van der Waals surface area (Å²) >= 11 is 2.16. The van der Waals surface area contributed by atoms with Gasteiger partial charge in [0, 0.05) is 19.5 Å². The number of hydrogen-bond acceptors (Lipinski definition) is 3. The minimum Gasteiger partial charge on any atom is -0.395 e. The highest BCUT2D eigenvalue weighted by atomic mass is 127. The molecule has 1 rings (SSSR count). The number of hydrogen-bond donors (Lipinski definition) is 2. The molecule has 0 aliphatic rings. The minimum atomic E-state index is -0.186. The Kier molecular flexibility index (Phi) is 3.48. The second kappa shape index (κ2) is 4.20. The van der Waals surface area contributed by atoms with Gasteiger partial charge in [0.15, 0.2) is 0 Å². The van der Waals surface area contributed by atoms with Gasteiger partial charge >= 0.3 is 0 Å². The van der Waals surface area contributed by atoms with Crippen LogP contribution in [0.25, 0.3) is 0 Å². The molecule has 5 heteroatoms. The second-order valence-corrected chi connectivity index (χ2v) is 3.76. The number of nitrogens with zero attached hydrogens (tertiary/aromatic N) is 2. The van der Waals surface area contributed by atoms with Crippen LogP contribution in [0.4, 0.5) is 0 Å². The molecule has 1 unspecified atom stereocenters. The van der Waals surface area contributed by atoms with Crippen LogP contribution >= 0.6 is 22.6 Å². The number of aliphatic hydroxyl groups is 1. The Balaban J connectivity index is 2.73. The summed E-state index contributed by atoms with van der Waals surface area (Å²) in [5.74, 6) is 0. The van der Waals surface area contributed by atoms with Crippen LogP contribution < -0.4 is 5.73 Å². The van der Waals surface area contributed by atoms with Crippen LogP contribution in [0.2, 0.25) is 0 Å². The van der Waals surface area contributed by atoms with E-state index in [-0.39, 0.29) is 12.6 Å². The first-order chi connectivity index (χ1) is 5.65. The van der Waals surface area contributed by atoms with Crippen LogP contribution in [0.3, 0.4) is 0 Å². The van der Waals surface area contributed by atoms with E-state index in [0.717, 1.165) is 9.39 Å². The van der Waals surface area contributed by atoms with Crippen LogP contribution in [0, 0.1) is 3.70 Å². The smallest absolute Gasteiger partial charge is 0.122 e. The zero-order chi connectivity index (χ0) is 9.14. The van der Waals surface area contributed by atoms with Crippen LogP contribution in [0.1, 0.15) is 5.69 Å². The molecule has 0 spiro atoms. The Labute approximate surface area is 84.9 Å². The van der Waals surface area contributed by atoms with Crippen LogP contribution in [-0.2, 0) is 13.5 Å². The summed E-state index contributed by atoms with van der Waals surface area (Å²) < 4.78 is 2.89. The van der Waals surface area contributed by atoms with Gasteiger partial charge in [-0.2, -0.15) is 0 Å². The molecule has 0 saturated heterocycles. The number of nitrogens with two attached hydrogens (primary N) is 1. The summed E-state index contributed by atoms with van der Waals surface area (Å²) in [6.45, 7) is 0.0151. The maximum Gasteiger partial charge on any atom is 0.122 e. The lowest BCUT2D eigenvalue weighted by Crippen LogP contribution is -2.28. The van der Waals surface area contributed by atoms with E-state index in [1.54, 1.807) is 6.33 Å². The monoisotopic (exact) mass is 281 g/mol. The molecule has 0 amide bonds. The molecule has 68 valence electrons. The van der Waals surface area contributed by atoms with Gasteiger partial charge in [-0.3, -0.25) is 0 Å². The molecule has 1 atom stereocenters. The Morgan fingerprint density at radius 3 is 2.92 bits per heavy atom. The quantitative estimate of drug-likeness (QED) is 0.760. The first-order valence-corrected chi connectivity index (χ1v) is 4.75. The Morgan fingerprint density at radius 1 is 1.83 bits per heavy atom. The predicted molar refractivity (Wildman–Crippen MR) is 54.7 cm³/mol. The third-order valence-corrected chi connectivity index (χ3v) is 2.60. The van der Waals surface area contributed by atoms with E-state index in [9.17, 15) is 0 Å². The Morgan fingerprint density at radius 2 is 2.50 bits per heavy atom. The van der Waals surface area contributed by atoms with Crippen LogP contribution in [0.15, 0.2) is 6.33 Å². The second-order valence-electron chi connectivity index (χ2n) is 2.74. The molecular formula is C7H12IN3O. The molecule has 0 saturated carbocycles. The molecule has 0 aliphatic carbocycles. The summed E-state index contributed by atoms with van der Waals surface area (Å²) in [6, 6.07) is -0.186. The summed E-state index contributed by atoms with van der Waals surface area (Å²) in [4.78, 5) is 4.12. The predicted octanol–water partition coefficient (Wildman–Crippen LogP) is -0.113. The number of halogens is 1. The lowest BCUT2D eigenvalue weighted by molar-refractivity contribution is 0.264. The number of aryl methyl sites for hydroxylation is 1. The molecule has 0 bridgehead atoms. The summed E-state index contributed by atoms with van der Waals surface area (Å²) in [7, 11) is 1.93. The van der Waals surface area contributed by atoms with Crippen molar-refractivity contribution >= 4 is 22.6 Å². The van der Waals surface area contributed by atoms with Gasteiger partial charge in [-0.1, -0.05) is 0 Å². The third kappa shape index (κ3) is 2.18. The highest BCUT2D eigenvalue weighted by Gasteiger charge is 2.09. The van der Waals surface area contributed by atoms with Gasteiger partial charge in [0.2, 0.25) is 0 Å². The fraction of sp³-hybridized carbons (Fsp3) is 0.571. The topological polar surface area (TPSA) is 64.1 Å². The molecule has 12 heavy (non-hydrogen) atoms. The maximum absolute atomic E-state index is 8.76. The van der Waals surface area contributed by atoms with Crippen molar-refractivity contribution in [2.75, 3.05) is 6.61 Å². The van der Waals surface area contributed by atoms with Crippen molar-refractivity contribution in [1.82, 2.24) is 9.55 Å². The van der Waals surface area contributed by atoms with Gasteiger partial charge in [0.1, 0.15) is 3.70 Å². The van der Waals surface area contributed by atoms with Crippen molar-refractivity contribution in [2.45, 2.75) is 12.5 Å². The molecule has 0 aliphatic heterocycles. The zero-order valence-electron chi connectivity index (χ0n) is 6.87. The highest BCUT2D eigenvalue weighted by molar-refractivity contribution is 14.1. The largest absolute Gasteiger partial charge is 0.395 e. The molecule has 0 aromatic carbocycles. The first-order valence-electron chi connectivity index (χ1n) is 3.67. The van der Waals surface area contributed by atoms with Crippen LogP contribution in [0.5, 0.6) is 0 Å². The average Bonchev–Trinajstić information content (AvgIpc) is 2.35. The molecule has 1 aromatic rings. The van der Waals surface area contributed by atoms with Crippen molar-refractivity contribution in [3.8, 4) is 0 Å². The normalized spacial score (nSPS) is 13.3. The molecule has 1 aromatic heterocycles. The molecule has 0 fully saturated rings. The van der Waals surface area contributed by atoms with Crippen molar-refractivity contribution in [3.63, 3.8) is 0 Å². The summed E-state index contributed by atoms with van der Waals surface area (Å²) in [5.41, 5.74) is 6.69. The van der Waals surface area contributed by atoms with Crippen molar-refractivity contribution in [1.29, 1.82) is 0 Å². The zero-order valence-corrected chi connectivity index (χ0v) is 9.02. The standard InChI is InChI=1S/C7H12IN3O/c1-11-4-10-7(8)6(11)2-5(9)3-12/h4-5,12H,2-3,9H2,1H3. The highest BCUT2D eigenvalue weighted by Crippen LogP contribution is 2.10. The van der Waals surface area contributed by atoms with E-state index < -0.39 is 0 Å². The number of aromatic nitrogens is 2. The molecule has 4 nitrogen and oxygen atoms in total. The lowest BCUT2D eigenvalue weighted by Gasteiger charge is -2.08. The van der Waals surface area contributed by atoms with E-state index in [4.69, 9.17) is 10.8 Å². The van der Waals surface area contributed by atoms with Crippen molar-refractivity contribution < 1.29 is 5.11 Å². The Bertz CT molecular complexity index is 242. The Hall–Kier alpha value is -0.140. The minimum absolute atomic E-state index is 0.0151. The average molecular weight is 281 g/mol. The van der Waals surface area contributed by atoms with E-state index in [2.05, 4.69) is 27.6 Å². The molecule has 1 heterocycles. The van der Waals surface area contributed by atoms with E-state index in [0.29, 0.717) is 6.42 Å². The summed E-state index contributed by atoms with van der Waals surface area (Å²) in [5, 5.41) is 8.76. The SMILES string of the molecule is Cn1cnc(I)c1CC(N)CO. The van der Waals surface area contributed by atoms with Crippen molar-refractivity contribution in [2.24, 2.45) is 12.8 Å². The van der Waals surface area contributed by atoms with Gasteiger partial charge in [0.25, 0.3) is 0 Å². The molecular weight excluding hydrogens is 269 g/mol. The number of rotatable bonds is 3. The van der Waals surface area contributed by atoms with Crippen molar-refractivity contribution in [3.05, 3.63) is 15.7 Å². The van der Waals surface area contributed by atoms with Gasteiger partial charge in [-0.25, -0.2) is 4.98 Å². The van der Waals surface area contributed by atoms with Gasteiger partial charge in [-0.15, -0.1) is 0 Å². The first kappa shape index (κ1) is 9.94. The van der Waals surface area contributed by atoms with Gasteiger partial charge < -0.3 is 15.4 Å². The third-order valence-electron chi connectivity index (χ3n) is 1.70. The molecule has 0 radical (unpaired) electrons. The summed E-state index contributed by atoms with van der Waals surface area (Å²) in [6.07, 6.45) is 2.42.